The molecule has 54 valence electrons. The Bertz CT molecular complexity index is 209. The molecule has 0 aliphatic carbocycles. The predicted octanol–water partition coefficient (Wildman–Crippen LogP) is -0.551. The first-order valence-corrected chi connectivity index (χ1v) is 3.60. The van der Waals surface area contributed by atoms with Crippen LogP contribution in [0, 0.1) is 0 Å². The van der Waals surface area contributed by atoms with Gasteiger partial charge in [0.1, 0.15) is 6.04 Å². The van der Waals surface area contributed by atoms with Gasteiger partial charge in [0, 0.05) is 5.75 Å². The van der Waals surface area contributed by atoms with E-state index < -0.39 is 12.0 Å². The SMILES string of the molecule is O=C=C1NC(C(=O)O)CS1. The Morgan fingerprint density at radius 3 is 2.90 bits per heavy atom. The maximum Gasteiger partial charge on any atom is 0.327 e. The maximum atomic E-state index is 10.2. The lowest BCUT2D eigenvalue weighted by Crippen LogP contribution is -2.31. The van der Waals surface area contributed by atoms with Crippen molar-refractivity contribution in [3.05, 3.63) is 5.03 Å². The zero-order valence-electron chi connectivity index (χ0n) is 4.96. The summed E-state index contributed by atoms with van der Waals surface area (Å²) >= 11 is 1.18. The van der Waals surface area contributed by atoms with E-state index in [1.165, 1.54) is 11.8 Å². The molecule has 1 rings (SSSR count). The van der Waals surface area contributed by atoms with Crippen LogP contribution in [0.1, 0.15) is 0 Å². The zero-order chi connectivity index (χ0) is 7.56. The van der Waals surface area contributed by atoms with Crippen LogP contribution in [0.3, 0.4) is 0 Å². The summed E-state index contributed by atoms with van der Waals surface area (Å²) in [6, 6.07) is -0.624. The van der Waals surface area contributed by atoms with Gasteiger partial charge in [-0.15, -0.1) is 0 Å². The molecule has 0 aromatic carbocycles. The fourth-order valence-corrected chi connectivity index (χ4v) is 1.44. The number of thioether (sulfide) groups is 1. The number of carbonyl (C=O) groups is 1. The molecule has 0 radical (unpaired) electrons. The zero-order valence-corrected chi connectivity index (χ0v) is 5.77. The van der Waals surface area contributed by atoms with E-state index in [1.807, 2.05) is 0 Å². The topological polar surface area (TPSA) is 66.4 Å². The summed E-state index contributed by atoms with van der Waals surface area (Å²) in [5, 5.41) is 11.2. The highest BCUT2D eigenvalue weighted by atomic mass is 32.2. The Morgan fingerprint density at radius 1 is 1.90 bits per heavy atom. The third kappa shape index (κ3) is 1.32. The molecule has 0 spiro atoms. The smallest absolute Gasteiger partial charge is 0.327 e. The highest BCUT2D eigenvalue weighted by Crippen LogP contribution is 2.19. The summed E-state index contributed by atoms with van der Waals surface area (Å²) < 4.78 is 0. The normalized spacial score (nSPS) is 23.6. The van der Waals surface area contributed by atoms with Gasteiger partial charge in [-0.2, -0.15) is 0 Å². The van der Waals surface area contributed by atoms with Crippen molar-refractivity contribution >= 4 is 23.7 Å². The van der Waals surface area contributed by atoms with Gasteiger partial charge in [-0.3, -0.25) is 0 Å². The minimum Gasteiger partial charge on any atom is -0.480 e. The van der Waals surface area contributed by atoms with Crippen molar-refractivity contribution < 1.29 is 14.7 Å². The average Bonchev–Trinajstić information content (AvgIpc) is 2.34. The highest BCUT2D eigenvalue weighted by molar-refractivity contribution is 8.03. The van der Waals surface area contributed by atoms with Crippen molar-refractivity contribution in [1.29, 1.82) is 0 Å². The van der Waals surface area contributed by atoms with Crippen molar-refractivity contribution in [1.82, 2.24) is 5.32 Å². The van der Waals surface area contributed by atoms with Gasteiger partial charge >= 0.3 is 5.97 Å². The largest absolute Gasteiger partial charge is 0.480 e. The molecule has 10 heavy (non-hydrogen) atoms. The lowest BCUT2D eigenvalue weighted by atomic mass is 10.3. The molecule has 2 N–H and O–H groups in total. The van der Waals surface area contributed by atoms with Gasteiger partial charge in [0.05, 0.1) is 0 Å². The van der Waals surface area contributed by atoms with E-state index in [4.69, 9.17) is 5.11 Å². The molecule has 1 atom stereocenters. The minimum absolute atomic E-state index is 0.285. The second kappa shape index (κ2) is 2.77. The van der Waals surface area contributed by atoms with Crippen molar-refractivity contribution in [3.63, 3.8) is 0 Å². The van der Waals surface area contributed by atoms with Crippen LogP contribution in [-0.4, -0.2) is 28.8 Å². The number of aliphatic carboxylic acids is 1. The number of carboxylic acid groups (broad SMARTS) is 1. The minimum atomic E-state index is -0.933. The Labute approximate surface area is 61.3 Å². The molecule has 0 aromatic heterocycles. The lowest BCUT2D eigenvalue weighted by molar-refractivity contribution is -0.138. The Kier molecular flexibility index (Phi) is 1.99. The van der Waals surface area contributed by atoms with Crippen molar-refractivity contribution in [2.24, 2.45) is 0 Å². The molecular formula is C5H5NO3S. The molecule has 1 saturated heterocycles. The van der Waals surface area contributed by atoms with Crippen LogP contribution in [0.25, 0.3) is 0 Å². The van der Waals surface area contributed by atoms with Crippen molar-refractivity contribution in [3.8, 4) is 0 Å². The molecular weight excluding hydrogens is 154 g/mol. The van der Waals surface area contributed by atoms with Crippen LogP contribution in [0.2, 0.25) is 0 Å². The molecule has 4 nitrogen and oxygen atoms in total. The summed E-state index contributed by atoms with van der Waals surface area (Å²) in [5.74, 6) is 1.07. The summed E-state index contributed by atoms with van der Waals surface area (Å²) in [5.41, 5.74) is 0. The standard InChI is InChI=1S/C5H5NO3S/c7-1-4-6-3(2-10-4)5(8)9/h3,6H,2H2,(H,8,9). The van der Waals surface area contributed by atoms with Crippen LogP contribution in [0.4, 0.5) is 0 Å². The predicted molar refractivity (Wildman–Crippen MR) is 36.2 cm³/mol. The molecule has 1 unspecified atom stereocenters. The molecule has 0 saturated carbocycles. The molecule has 1 aliphatic rings. The number of nitrogens with one attached hydrogen (secondary N) is 1. The molecule has 1 fully saturated rings. The Morgan fingerprint density at radius 2 is 2.60 bits per heavy atom. The second-order valence-corrected chi connectivity index (χ2v) is 2.81. The van der Waals surface area contributed by atoms with Gasteiger partial charge in [-0.25, -0.2) is 9.59 Å². The van der Waals surface area contributed by atoms with E-state index >= 15 is 0 Å². The van der Waals surface area contributed by atoms with E-state index in [0.717, 1.165) is 0 Å². The second-order valence-electron chi connectivity index (χ2n) is 1.78. The summed E-state index contributed by atoms with van der Waals surface area (Å²) in [4.78, 5) is 20.2. The highest BCUT2D eigenvalue weighted by Gasteiger charge is 2.25. The van der Waals surface area contributed by atoms with Gasteiger partial charge in [-0.05, 0) is 0 Å². The van der Waals surface area contributed by atoms with Gasteiger partial charge < -0.3 is 10.4 Å². The van der Waals surface area contributed by atoms with Crippen LogP contribution >= 0.6 is 11.8 Å². The summed E-state index contributed by atoms with van der Waals surface area (Å²) in [6.45, 7) is 0. The van der Waals surface area contributed by atoms with Crippen LogP contribution in [0.5, 0.6) is 0 Å². The molecule has 0 aromatic rings. The molecule has 5 heteroatoms. The van der Waals surface area contributed by atoms with Gasteiger partial charge in [-0.1, -0.05) is 11.8 Å². The first-order valence-electron chi connectivity index (χ1n) is 2.61. The monoisotopic (exact) mass is 159 g/mol. The van der Waals surface area contributed by atoms with Crippen molar-refractivity contribution in [2.75, 3.05) is 5.75 Å². The number of rotatable bonds is 1. The third-order valence-electron chi connectivity index (χ3n) is 1.09. The van der Waals surface area contributed by atoms with Gasteiger partial charge in [0.25, 0.3) is 0 Å². The van der Waals surface area contributed by atoms with E-state index in [9.17, 15) is 9.59 Å². The molecule has 1 heterocycles. The van der Waals surface area contributed by atoms with E-state index in [1.54, 1.807) is 5.94 Å². The maximum absolute atomic E-state index is 10.2. The van der Waals surface area contributed by atoms with Crippen LogP contribution < -0.4 is 5.32 Å². The number of carbonyl (C=O) groups excluding carboxylic acids is 1. The van der Waals surface area contributed by atoms with E-state index in [-0.39, 0.29) is 5.03 Å². The first kappa shape index (κ1) is 7.18. The van der Waals surface area contributed by atoms with Crippen LogP contribution in [0.15, 0.2) is 5.03 Å². The van der Waals surface area contributed by atoms with Gasteiger partial charge in [0.2, 0.25) is 0 Å². The number of hydrogen-bond donors (Lipinski definition) is 2. The fourth-order valence-electron chi connectivity index (χ4n) is 0.600. The van der Waals surface area contributed by atoms with E-state index in [0.29, 0.717) is 5.75 Å². The quantitative estimate of drug-likeness (QED) is 0.502. The average molecular weight is 159 g/mol. The third-order valence-corrected chi connectivity index (χ3v) is 2.08. The van der Waals surface area contributed by atoms with Gasteiger partial charge in [0.15, 0.2) is 11.0 Å². The summed E-state index contributed by atoms with van der Waals surface area (Å²) in [7, 11) is 0. The van der Waals surface area contributed by atoms with E-state index in [2.05, 4.69) is 5.32 Å². The molecule has 0 bridgehead atoms. The summed E-state index contributed by atoms with van der Waals surface area (Å²) in [6.07, 6.45) is 0. The number of carboxylic acids is 1. The lowest BCUT2D eigenvalue weighted by Gasteiger charge is -1.99. The Hall–Kier alpha value is -0.930. The Balaban J connectivity index is 2.59. The fraction of sp³-hybridized carbons (Fsp3) is 0.400. The molecule has 1 aliphatic heterocycles. The molecule has 0 amide bonds. The van der Waals surface area contributed by atoms with Crippen LogP contribution in [-0.2, 0) is 9.59 Å². The number of hydrogen-bond acceptors (Lipinski definition) is 4. The first-order chi connectivity index (χ1) is 4.74. The van der Waals surface area contributed by atoms with Crippen molar-refractivity contribution in [2.45, 2.75) is 6.04 Å².